The molecule has 0 aliphatic carbocycles. The SMILES string of the molecule is Cc1ccc(C(=O)Nc2cc(Cl)cc(CN3CCN(C(=O)C4CCCO4)[C@@H](C)C3)c2C)cc1C#N. The Morgan fingerprint density at radius 1 is 1.23 bits per heavy atom. The molecule has 2 aromatic rings. The molecule has 2 aromatic carbocycles. The monoisotopic (exact) mass is 494 g/mol. The lowest BCUT2D eigenvalue weighted by molar-refractivity contribution is -0.145. The summed E-state index contributed by atoms with van der Waals surface area (Å²) in [5, 5.41) is 12.8. The van der Waals surface area contributed by atoms with Gasteiger partial charge in [-0.15, -0.1) is 0 Å². The Kier molecular flexibility index (Phi) is 7.75. The van der Waals surface area contributed by atoms with Gasteiger partial charge < -0.3 is 15.0 Å². The minimum atomic E-state index is -0.289. The lowest BCUT2D eigenvalue weighted by Crippen LogP contribution is -2.55. The number of nitrogens with zero attached hydrogens (tertiary/aromatic N) is 3. The molecule has 2 aliphatic rings. The minimum Gasteiger partial charge on any atom is -0.368 e. The predicted octanol–water partition coefficient (Wildman–Crippen LogP) is 4.29. The molecule has 7 nitrogen and oxygen atoms in total. The van der Waals surface area contributed by atoms with E-state index in [9.17, 15) is 14.9 Å². The van der Waals surface area contributed by atoms with Gasteiger partial charge >= 0.3 is 0 Å². The van der Waals surface area contributed by atoms with Crippen molar-refractivity contribution in [1.29, 1.82) is 5.26 Å². The van der Waals surface area contributed by atoms with Gasteiger partial charge in [0, 0.05) is 55.1 Å². The summed E-state index contributed by atoms with van der Waals surface area (Å²) < 4.78 is 5.59. The molecule has 1 unspecified atom stereocenters. The van der Waals surface area contributed by atoms with E-state index in [1.165, 1.54) is 0 Å². The van der Waals surface area contributed by atoms with Crippen LogP contribution in [0.3, 0.4) is 0 Å². The van der Waals surface area contributed by atoms with Crippen molar-refractivity contribution in [2.75, 3.05) is 31.6 Å². The number of benzene rings is 2. The number of carbonyl (C=O) groups is 2. The first-order valence-electron chi connectivity index (χ1n) is 12.0. The van der Waals surface area contributed by atoms with Crippen LogP contribution in [-0.2, 0) is 16.1 Å². The van der Waals surface area contributed by atoms with Gasteiger partial charge in [-0.05, 0) is 74.6 Å². The normalized spacial score (nSPS) is 20.5. The van der Waals surface area contributed by atoms with Crippen LogP contribution in [-0.4, -0.2) is 60.0 Å². The highest BCUT2D eigenvalue weighted by Crippen LogP contribution is 2.28. The van der Waals surface area contributed by atoms with E-state index in [4.69, 9.17) is 16.3 Å². The van der Waals surface area contributed by atoms with Gasteiger partial charge in [0.15, 0.2) is 0 Å². The Morgan fingerprint density at radius 2 is 2.03 bits per heavy atom. The summed E-state index contributed by atoms with van der Waals surface area (Å²) in [7, 11) is 0. The van der Waals surface area contributed by atoms with E-state index in [-0.39, 0.29) is 24.0 Å². The molecular weight excluding hydrogens is 464 g/mol. The fourth-order valence-electron chi connectivity index (χ4n) is 4.81. The molecule has 4 rings (SSSR count). The van der Waals surface area contributed by atoms with Crippen molar-refractivity contribution in [3.8, 4) is 6.07 Å². The zero-order valence-corrected chi connectivity index (χ0v) is 21.2. The van der Waals surface area contributed by atoms with Crippen LogP contribution in [0.1, 0.15) is 52.4 Å². The number of aryl methyl sites for hydroxylation is 1. The van der Waals surface area contributed by atoms with E-state index in [0.29, 0.717) is 41.5 Å². The molecule has 0 saturated carbocycles. The van der Waals surface area contributed by atoms with E-state index in [0.717, 1.165) is 42.6 Å². The summed E-state index contributed by atoms with van der Waals surface area (Å²) in [4.78, 5) is 30.0. The Bertz CT molecular complexity index is 1170. The second-order valence-electron chi connectivity index (χ2n) is 9.45. The van der Waals surface area contributed by atoms with E-state index < -0.39 is 0 Å². The fraction of sp³-hybridized carbons (Fsp3) is 0.444. The largest absolute Gasteiger partial charge is 0.368 e. The number of anilines is 1. The molecular formula is C27H31ClN4O3. The molecule has 0 bridgehead atoms. The smallest absolute Gasteiger partial charge is 0.255 e. The number of hydrogen-bond acceptors (Lipinski definition) is 5. The van der Waals surface area contributed by atoms with Crippen molar-refractivity contribution in [3.05, 3.63) is 63.2 Å². The highest BCUT2D eigenvalue weighted by atomic mass is 35.5. The van der Waals surface area contributed by atoms with Crippen LogP contribution < -0.4 is 5.32 Å². The summed E-state index contributed by atoms with van der Waals surface area (Å²) in [5.41, 5.74) is 4.36. The first-order valence-corrected chi connectivity index (χ1v) is 12.4. The number of ether oxygens (including phenoxy) is 1. The van der Waals surface area contributed by atoms with E-state index in [1.54, 1.807) is 24.3 Å². The molecule has 184 valence electrons. The molecule has 2 heterocycles. The van der Waals surface area contributed by atoms with Gasteiger partial charge in [0.1, 0.15) is 6.10 Å². The van der Waals surface area contributed by atoms with Crippen LogP contribution in [0.15, 0.2) is 30.3 Å². The van der Waals surface area contributed by atoms with Gasteiger partial charge in [-0.1, -0.05) is 17.7 Å². The molecule has 2 atom stereocenters. The van der Waals surface area contributed by atoms with Gasteiger partial charge in [-0.2, -0.15) is 5.26 Å². The van der Waals surface area contributed by atoms with Crippen molar-refractivity contribution < 1.29 is 14.3 Å². The fourth-order valence-corrected chi connectivity index (χ4v) is 5.05. The molecule has 2 amide bonds. The Hall–Kier alpha value is -2.92. The van der Waals surface area contributed by atoms with Gasteiger partial charge in [-0.25, -0.2) is 0 Å². The maximum Gasteiger partial charge on any atom is 0.255 e. The zero-order valence-electron chi connectivity index (χ0n) is 20.4. The number of piperazine rings is 1. The van der Waals surface area contributed by atoms with Crippen LogP contribution in [0.2, 0.25) is 5.02 Å². The molecule has 2 saturated heterocycles. The highest BCUT2D eigenvalue weighted by molar-refractivity contribution is 6.31. The summed E-state index contributed by atoms with van der Waals surface area (Å²) >= 11 is 6.42. The Labute approximate surface area is 211 Å². The standard InChI is InChI=1S/C27H31ClN4O3/c1-17-6-7-20(11-21(17)14-29)26(33)30-24-13-23(28)12-22(19(24)3)16-31-8-9-32(18(2)15-31)27(34)25-5-4-10-35-25/h6-7,11-13,18,25H,4-5,8-10,15-16H2,1-3H3,(H,30,33)/t18-,25?/m0/s1. The van der Waals surface area contributed by atoms with Crippen LogP contribution in [0.5, 0.6) is 0 Å². The molecule has 0 radical (unpaired) electrons. The Morgan fingerprint density at radius 3 is 2.71 bits per heavy atom. The Balaban J connectivity index is 1.44. The molecule has 35 heavy (non-hydrogen) atoms. The lowest BCUT2D eigenvalue weighted by Gasteiger charge is -2.41. The second-order valence-corrected chi connectivity index (χ2v) is 9.89. The average molecular weight is 495 g/mol. The summed E-state index contributed by atoms with van der Waals surface area (Å²) in [6, 6.07) is 11.0. The summed E-state index contributed by atoms with van der Waals surface area (Å²) in [6.07, 6.45) is 1.46. The third-order valence-electron chi connectivity index (χ3n) is 6.94. The molecule has 8 heteroatoms. The first-order chi connectivity index (χ1) is 16.8. The van der Waals surface area contributed by atoms with Crippen molar-refractivity contribution in [3.63, 3.8) is 0 Å². The van der Waals surface area contributed by atoms with E-state index >= 15 is 0 Å². The average Bonchev–Trinajstić information content (AvgIpc) is 3.37. The van der Waals surface area contributed by atoms with Crippen LogP contribution in [0, 0.1) is 25.2 Å². The molecule has 0 spiro atoms. The minimum absolute atomic E-state index is 0.0926. The van der Waals surface area contributed by atoms with Gasteiger partial charge in [0.25, 0.3) is 11.8 Å². The summed E-state index contributed by atoms with van der Waals surface area (Å²) in [6.45, 7) is 9.41. The van der Waals surface area contributed by atoms with E-state index in [2.05, 4.69) is 23.2 Å². The van der Waals surface area contributed by atoms with Crippen molar-refractivity contribution >= 4 is 29.1 Å². The van der Waals surface area contributed by atoms with Gasteiger partial charge in [0.05, 0.1) is 11.6 Å². The number of amides is 2. The maximum absolute atomic E-state index is 12.9. The predicted molar refractivity (Wildman–Crippen MR) is 135 cm³/mol. The van der Waals surface area contributed by atoms with E-state index in [1.807, 2.05) is 24.8 Å². The summed E-state index contributed by atoms with van der Waals surface area (Å²) in [5.74, 6) is -0.179. The van der Waals surface area contributed by atoms with Gasteiger partial charge in [0.2, 0.25) is 0 Å². The second kappa shape index (κ2) is 10.8. The van der Waals surface area contributed by atoms with Crippen LogP contribution in [0.25, 0.3) is 0 Å². The molecule has 2 fully saturated rings. The van der Waals surface area contributed by atoms with Crippen LogP contribution in [0.4, 0.5) is 5.69 Å². The maximum atomic E-state index is 12.9. The van der Waals surface area contributed by atoms with Crippen molar-refractivity contribution in [2.24, 2.45) is 0 Å². The third kappa shape index (κ3) is 5.67. The number of nitrogens with one attached hydrogen (secondary N) is 1. The number of halogens is 1. The lowest BCUT2D eigenvalue weighted by atomic mass is 10.0. The topological polar surface area (TPSA) is 85.7 Å². The van der Waals surface area contributed by atoms with Gasteiger partial charge in [-0.3, -0.25) is 14.5 Å². The number of rotatable bonds is 5. The number of nitriles is 1. The quantitative estimate of drug-likeness (QED) is 0.670. The van der Waals surface area contributed by atoms with Crippen molar-refractivity contribution in [1.82, 2.24) is 9.80 Å². The zero-order chi connectivity index (χ0) is 25.1. The number of hydrogen-bond donors (Lipinski definition) is 1. The molecule has 0 aromatic heterocycles. The van der Waals surface area contributed by atoms with Crippen LogP contribution >= 0.6 is 11.6 Å². The number of carbonyl (C=O) groups excluding carboxylic acids is 2. The molecule has 2 aliphatic heterocycles. The third-order valence-corrected chi connectivity index (χ3v) is 7.16. The highest BCUT2D eigenvalue weighted by Gasteiger charge is 2.34. The van der Waals surface area contributed by atoms with Crippen molar-refractivity contribution in [2.45, 2.75) is 52.3 Å². The molecule has 1 N–H and O–H groups in total. The first kappa shape index (κ1) is 25.2.